The predicted molar refractivity (Wildman–Crippen MR) is 109 cm³/mol. The first kappa shape index (κ1) is 21.3. The molecule has 4 bridgehead atoms. The second kappa shape index (κ2) is 7.94. The van der Waals surface area contributed by atoms with Gasteiger partial charge in [0.05, 0.1) is 12.0 Å². The first-order valence-electron chi connectivity index (χ1n) is 10.4. The molecule has 4 aliphatic carbocycles. The smallest absolute Gasteiger partial charge is 0.269 e. The number of hydrazine groups is 1. The molecule has 0 unspecified atom stereocenters. The molecule has 4 saturated carbocycles. The Bertz CT molecular complexity index is 910. The molecule has 30 heavy (non-hydrogen) atoms. The van der Waals surface area contributed by atoms with Crippen LogP contribution in [-0.2, 0) is 19.7 Å². The molecule has 0 aromatic heterocycles. The molecule has 164 valence electrons. The van der Waals surface area contributed by atoms with Crippen LogP contribution < -0.4 is 10.9 Å². The summed E-state index contributed by atoms with van der Waals surface area (Å²) in [7, 11) is -1.35. The number of rotatable bonds is 6. The van der Waals surface area contributed by atoms with Gasteiger partial charge in [-0.1, -0.05) is 10.5 Å². The van der Waals surface area contributed by atoms with Crippen molar-refractivity contribution in [2.75, 3.05) is 14.2 Å². The van der Waals surface area contributed by atoms with Crippen molar-refractivity contribution >= 4 is 21.8 Å². The van der Waals surface area contributed by atoms with Gasteiger partial charge in [0.1, 0.15) is 0 Å². The number of hydrogen-bond acceptors (Lipinski definition) is 5. The Morgan fingerprint density at radius 3 is 2.27 bits per heavy atom. The van der Waals surface area contributed by atoms with E-state index in [1.807, 2.05) is 0 Å². The van der Waals surface area contributed by atoms with Crippen LogP contribution in [0.3, 0.4) is 0 Å². The summed E-state index contributed by atoms with van der Waals surface area (Å²) < 4.78 is 25.4. The zero-order chi connectivity index (χ0) is 21.5. The van der Waals surface area contributed by atoms with Gasteiger partial charge in [-0.15, -0.1) is 0 Å². The third kappa shape index (κ3) is 4.10. The quantitative estimate of drug-likeness (QED) is 0.667. The number of hydrogen-bond donors (Lipinski definition) is 2. The van der Waals surface area contributed by atoms with Crippen LogP contribution >= 0.6 is 0 Å². The molecule has 1 aromatic rings. The molecular weight excluding hydrogens is 406 g/mol. The van der Waals surface area contributed by atoms with E-state index in [4.69, 9.17) is 4.84 Å². The predicted octanol–water partition coefficient (Wildman–Crippen LogP) is 2.24. The van der Waals surface area contributed by atoms with E-state index in [1.54, 1.807) is 0 Å². The van der Waals surface area contributed by atoms with Crippen LogP contribution in [0.25, 0.3) is 0 Å². The van der Waals surface area contributed by atoms with E-state index in [0.717, 1.165) is 41.5 Å². The number of nitrogens with zero attached hydrogens (tertiary/aromatic N) is 1. The molecule has 2 N–H and O–H groups in total. The van der Waals surface area contributed by atoms with Crippen LogP contribution in [0.5, 0.6) is 0 Å². The summed E-state index contributed by atoms with van der Waals surface area (Å²) in [5.74, 6) is 1.52. The summed E-state index contributed by atoms with van der Waals surface area (Å²) in [6.07, 6.45) is 7.73. The molecule has 0 spiro atoms. The number of benzene rings is 1. The molecule has 4 aliphatic rings. The number of hydroxylamine groups is 1. The molecule has 9 heteroatoms. The Hall–Kier alpha value is -1.97. The van der Waals surface area contributed by atoms with Crippen molar-refractivity contribution in [3.05, 3.63) is 29.8 Å². The lowest BCUT2D eigenvalue weighted by molar-refractivity contribution is -0.130. The van der Waals surface area contributed by atoms with Gasteiger partial charge in [0.25, 0.3) is 15.9 Å². The molecule has 2 amide bonds. The van der Waals surface area contributed by atoms with E-state index in [0.29, 0.717) is 6.42 Å². The lowest BCUT2D eigenvalue weighted by Crippen LogP contribution is -2.50. The molecule has 5 rings (SSSR count). The highest BCUT2D eigenvalue weighted by Crippen LogP contribution is 2.61. The summed E-state index contributed by atoms with van der Waals surface area (Å²) in [6.45, 7) is 0. The van der Waals surface area contributed by atoms with E-state index < -0.39 is 15.9 Å². The second-order valence-electron chi connectivity index (χ2n) is 9.22. The van der Waals surface area contributed by atoms with E-state index >= 15 is 0 Å². The maximum Gasteiger partial charge on any atom is 0.269 e. The molecule has 8 nitrogen and oxygen atoms in total. The highest BCUT2D eigenvalue weighted by atomic mass is 32.2. The van der Waals surface area contributed by atoms with E-state index in [-0.39, 0.29) is 21.8 Å². The molecule has 4 fully saturated rings. The maximum absolute atomic E-state index is 12.6. The molecule has 0 saturated heterocycles. The Balaban J connectivity index is 1.36. The second-order valence-corrected chi connectivity index (χ2v) is 11.2. The Kier molecular flexibility index (Phi) is 5.63. The van der Waals surface area contributed by atoms with Crippen molar-refractivity contribution in [2.45, 2.75) is 49.8 Å². The third-order valence-corrected chi connectivity index (χ3v) is 8.68. The summed E-state index contributed by atoms with van der Waals surface area (Å²) >= 11 is 0. The van der Waals surface area contributed by atoms with Gasteiger partial charge in [-0.25, -0.2) is 8.42 Å². The minimum atomic E-state index is -3.86. The zero-order valence-electron chi connectivity index (χ0n) is 17.4. The van der Waals surface area contributed by atoms with Gasteiger partial charge >= 0.3 is 0 Å². The minimum absolute atomic E-state index is 0.0700. The van der Waals surface area contributed by atoms with Crippen LogP contribution in [0.1, 0.15) is 55.3 Å². The van der Waals surface area contributed by atoms with Crippen molar-refractivity contribution < 1.29 is 22.8 Å². The fourth-order valence-electron chi connectivity index (χ4n) is 6.13. The van der Waals surface area contributed by atoms with Gasteiger partial charge < -0.3 is 0 Å². The van der Waals surface area contributed by atoms with Gasteiger partial charge in [-0.3, -0.25) is 25.3 Å². The number of carbonyl (C=O) groups excluding carboxylic acids is 2. The first-order chi connectivity index (χ1) is 14.2. The largest absolute Gasteiger partial charge is 0.288 e. The van der Waals surface area contributed by atoms with Gasteiger partial charge in [-0.2, -0.15) is 0 Å². The summed E-state index contributed by atoms with van der Waals surface area (Å²) in [5, 5.41) is 0. The fraction of sp³-hybridized carbons (Fsp3) is 0.619. The highest BCUT2D eigenvalue weighted by molar-refractivity contribution is 7.89. The average Bonchev–Trinajstić information content (AvgIpc) is 2.70. The van der Waals surface area contributed by atoms with Crippen molar-refractivity contribution in [2.24, 2.45) is 23.2 Å². The summed E-state index contributed by atoms with van der Waals surface area (Å²) in [4.78, 5) is 29.7. The highest BCUT2D eigenvalue weighted by Gasteiger charge is 2.51. The average molecular weight is 436 g/mol. The van der Waals surface area contributed by atoms with Crippen molar-refractivity contribution in [3.63, 3.8) is 0 Å². The van der Waals surface area contributed by atoms with Crippen molar-refractivity contribution in [3.8, 4) is 0 Å². The Morgan fingerprint density at radius 2 is 1.70 bits per heavy atom. The first-order valence-corrected chi connectivity index (χ1v) is 11.9. The lowest BCUT2D eigenvalue weighted by Gasteiger charge is -2.56. The normalized spacial score (nSPS) is 29.8. The van der Waals surface area contributed by atoms with Gasteiger partial charge in [0.15, 0.2) is 0 Å². The molecule has 1 aromatic carbocycles. The van der Waals surface area contributed by atoms with E-state index in [1.165, 1.54) is 57.7 Å². The topological polar surface area (TPSA) is 105 Å². The van der Waals surface area contributed by atoms with Crippen molar-refractivity contribution in [1.29, 1.82) is 0 Å². The molecular formula is C21H29N3O5S. The standard InChI is InChI=1S/C21H29N3O5S/c1-24(29-2)30(27,28)18-5-3-4-17(9-18)20(26)23-22-19(25)13-21-10-14-6-15(11-21)8-16(7-14)12-21/h3-5,9,14-16H,6-8,10-13H2,1-2H3,(H,22,25)(H,23,26). The number of sulfonamides is 1. The van der Waals surface area contributed by atoms with Crippen LogP contribution in [0, 0.1) is 23.2 Å². The molecule has 0 heterocycles. The maximum atomic E-state index is 12.6. The fourth-order valence-corrected chi connectivity index (χ4v) is 7.15. The SMILES string of the molecule is CON(C)S(=O)(=O)c1cccc(C(=O)NNC(=O)CC23CC4CC(CC(C4)C2)C3)c1. The Labute approximate surface area is 177 Å². The van der Waals surface area contributed by atoms with Gasteiger partial charge in [0.2, 0.25) is 5.91 Å². The zero-order valence-corrected chi connectivity index (χ0v) is 18.2. The van der Waals surface area contributed by atoms with Crippen molar-refractivity contribution in [1.82, 2.24) is 15.3 Å². The van der Waals surface area contributed by atoms with E-state index in [2.05, 4.69) is 10.9 Å². The number of amides is 2. The van der Waals surface area contributed by atoms with Gasteiger partial charge in [-0.05, 0) is 79.9 Å². The number of nitrogens with one attached hydrogen (secondary N) is 2. The van der Waals surface area contributed by atoms with Gasteiger partial charge in [0, 0.05) is 19.0 Å². The third-order valence-electron chi connectivity index (χ3n) is 7.01. The molecule has 0 radical (unpaired) electrons. The monoisotopic (exact) mass is 435 g/mol. The lowest BCUT2D eigenvalue weighted by atomic mass is 9.49. The molecule has 0 aliphatic heterocycles. The summed E-state index contributed by atoms with van der Waals surface area (Å²) in [6, 6.07) is 5.60. The van der Waals surface area contributed by atoms with Crippen LogP contribution in [0.2, 0.25) is 0 Å². The van der Waals surface area contributed by atoms with Crippen LogP contribution in [0.15, 0.2) is 29.2 Å². The summed E-state index contributed by atoms with van der Waals surface area (Å²) in [5.41, 5.74) is 5.17. The Morgan fingerprint density at radius 1 is 1.10 bits per heavy atom. The van der Waals surface area contributed by atoms with E-state index in [9.17, 15) is 18.0 Å². The number of carbonyl (C=O) groups is 2. The van der Waals surface area contributed by atoms with Crippen LogP contribution in [-0.4, -0.2) is 38.9 Å². The molecule has 0 atom stereocenters. The minimum Gasteiger partial charge on any atom is -0.288 e. The van der Waals surface area contributed by atoms with Crippen LogP contribution in [0.4, 0.5) is 0 Å².